The predicted octanol–water partition coefficient (Wildman–Crippen LogP) is 3.74. The van der Waals surface area contributed by atoms with E-state index in [2.05, 4.69) is 29.7 Å². The van der Waals surface area contributed by atoms with E-state index in [4.69, 9.17) is 11.6 Å². The van der Waals surface area contributed by atoms with Gasteiger partial charge in [-0.25, -0.2) is 0 Å². The van der Waals surface area contributed by atoms with Crippen molar-refractivity contribution in [2.75, 3.05) is 0 Å². The Morgan fingerprint density at radius 2 is 2.00 bits per heavy atom. The molecule has 1 heterocycles. The lowest BCUT2D eigenvalue weighted by molar-refractivity contribution is -0.121. The van der Waals surface area contributed by atoms with Gasteiger partial charge in [0.2, 0.25) is 0 Å². The number of carbonyl (C=O) groups excluding carboxylic acids is 1. The number of carbonyl (C=O) groups is 1. The topological polar surface area (TPSA) is 41.1 Å². The molecule has 1 saturated carbocycles. The van der Waals surface area contributed by atoms with Gasteiger partial charge in [0.25, 0.3) is 5.91 Å². The molecule has 0 spiro atoms. The first-order valence-electron chi connectivity index (χ1n) is 8.53. The first-order chi connectivity index (χ1) is 11.6. The number of amides is 1. The van der Waals surface area contributed by atoms with E-state index < -0.39 is 0 Å². The molecule has 0 radical (unpaired) electrons. The first-order valence-corrected chi connectivity index (χ1v) is 8.90. The van der Waals surface area contributed by atoms with Gasteiger partial charge in [0.05, 0.1) is 11.6 Å². The standard InChI is InChI=1S/C20H21ClN2O/c1-13-10-16(21)11-14-12-17(22-18(13)14)19(24)23-20(8-5-9-20)15-6-3-2-4-7-15/h2-4,6-7,10-13,18,22H,5,8-9H2,1H3,(H,23,24). The van der Waals surface area contributed by atoms with Crippen LogP contribution < -0.4 is 10.6 Å². The molecule has 4 rings (SSSR count). The van der Waals surface area contributed by atoms with Gasteiger partial charge in [-0.15, -0.1) is 0 Å². The molecule has 1 aromatic rings. The summed E-state index contributed by atoms with van der Waals surface area (Å²) >= 11 is 6.15. The van der Waals surface area contributed by atoms with E-state index in [-0.39, 0.29) is 23.4 Å². The fourth-order valence-corrected chi connectivity index (χ4v) is 4.18. The summed E-state index contributed by atoms with van der Waals surface area (Å²) in [5.41, 5.74) is 2.70. The first kappa shape index (κ1) is 15.5. The fraction of sp³-hybridized carbons (Fsp3) is 0.350. The molecular formula is C20H21ClN2O. The fourth-order valence-electron chi connectivity index (χ4n) is 3.86. The number of fused-ring (bicyclic) bond motifs is 1. The van der Waals surface area contributed by atoms with Crippen LogP contribution in [0.15, 0.2) is 64.9 Å². The predicted molar refractivity (Wildman–Crippen MR) is 96.3 cm³/mol. The van der Waals surface area contributed by atoms with Crippen LogP contribution in [-0.4, -0.2) is 11.9 Å². The highest BCUT2D eigenvalue weighted by atomic mass is 35.5. The molecule has 2 N–H and O–H groups in total. The molecule has 1 fully saturated rings. The molecule has 2 aliphatic carbocycles. The Kier molecular flexibility index (Phi) is 3.76. The van der Waals surface area contributed by atoms with Crippen LogP contribution >= 0.6 is 11.6 Å². The third-order valence-electron chi connectivity index (χ3n) is 5.36. The minimum Gasteiger partial charge on any atom is -0.373 e. The van der Waals surface area contributed by atoms with Crippen molar-refractivity contribution in [3.8, 4) is 0 Å². The number of hydrogen-bond acceptors (Lipinski definition) is 2. The summed E-state index contributed by atoms with van der Waals surface area (Å²) in [6, 6.07) is 10.4. The lowest BCUT2D eigenvalue weighted by atomic mass is 9.71. The molecule has 0 aromatic heterocycles. The molecule has 4 heteroatoms. The van der Waals surface area contributed by atoms with E-state index in [1.165, 1.54) is 5.56 Å². The summed E-state index contributed by atoms with van der Waals surface area (Å²) in [4.78, 5) is 12.8. The lowest BCUT2D eigenvalue weighted by Gasteiger charge is -2.43. The van der Waals surface area contributed by atoms with Crippen LogP contribution in [0.2, 0.25) is 0 Å². The summed E-state index contributed by atoms with van der Waals surface area (Å²) in [6.45, 7) is 2.11. The zero-order valence-corrected chi connectivity index (χ0v) is 14.4. The molecule has 1 amide bonds. The average molecular weight is 341 g/mol. The maximum absolute atomic E-state index is 12.8. The molecular weight excluding hydrogens is 320 g/mol. The number of hydrogen-bond donors (Lipinski definition) is 2. The van der Waals surface area contributed by atoms with Gasteiger partial charge in [-0.1, -0.05) is 54.9 Å². The number of halogens is 1. The van der Waals surface area contributed by atoms with Crippen LogP contribution in [0.3, 0.4) is 0 Å². The Morgan fingerprint density at radius 1 is 1.25 bits per heavy atom. The van der Waals surface area contributed by atoms with E-state index in [0.717, 1.165) is 29.9 Å². The molecule has 24 heavy (non-hydrogen) atoms. The van der Waals surface area contributed by atoms with Gasteiger partial charge in [0.1, 0.15) is 5.70 Å². The van der Waals surface area contributed by atoms with Crippen LogP contribution in [0, 0.1) is 5.92 Å². The van der Waals surface area contributed by atoms with E-state index in [9.17, 15) is 4.79 Å². The summed E-state index contributed by atoms with van der Waals surface area (Å²) in [6.07, 6.45) is 9.03. The molecule has 0 bridgehead atoms. The van der Waals surface area contributed by atoms with Gasteiger partial charge in [0.15, 0.2) is 0 Å². The normalized spacial score (nSPS) is 27.0. The molecule has 3 aliphatic rings. The van der Waals surface area contributed by atoms with Crippen molar-refractivity contribution < 1.29 is 4.79 Å². The lowest BCUT2D eigenvalue weighted by Crippen LogP contribution is -2.52. The van der Waals surface area contributed by atoms with Gasteiger partial charge >= 0.3 is 0 Å². The Labute approximate surface area is 147 Å². The molecule has 1 aromatic carbocycles. The zero-order valence-electron chi connectivity index (χ0n) is 13.7. The molecule has 3 nitrogen and oxygen atoms in total. The van der Waals surface area contributed by atoms with Crippen molar-refractivity contribution in [1.29, 1.82) is 0 Å². The number of nitrogens with one attached hydrogen (secondary N) is 2. The maximum Gasteiger partial charge on any atom is 0.268 e. The summed E-state index contributed by atoms with van der Waals surface area (Å²) in [7, 11) is 0. The van der Waals surface area contributed by atoms with E-state index >= 15 is 0 Å². The second-order valence-corrected chi connectivity index (χ2v) is 7.43. The van der Waals surface area contributed by atoms with Crippen molar-refractivity contribution in [3.05, 3.63) is 70.4 Å². The van der Waals surface area contributed by atoms with E-state index in [1.807, 2.05) is 36.4 Å². The van der Waals surface area contributed by atoms with Gasteiger partial charge in [-0.05, 0) is 42.6 Å². The van der Waals surface area contributed by atoms with E-state index in [1.54, 1.807) is 0 Å². The van der Waals surface area contributed by atoms with Crippen LogP contribution in [0.5, 0.6) is 0 Å². The van der Waals surface area contributed by atoms with Gasteiger partial charge in [0, 0.05) is 11.0 Å². The third-order valence-corrected chi connectivity index (χ3v) is 5.60. The van der Waals surface area contributed by atoms with Crippen LogP contribution in [0.4, 0.5) is 0 Å². The highest BCUT2D eigenvalue weighted by Gasteiger charge is 2.41. The highest BCUT2D eigenvalue weighted by molar-refractivity contribution is 6.31. The zero-order chi connectivity index (χ0) is 16.7. The van der Waals surface area contributed by atoms with Gasteiger partial charge in [-0.3, -0.25) is 4.79 Å². The van der Waals surface area contributed by atoms with Gasteiger partial charge in [-0.2, -0.15) is 0 Å². The van der Waals surface area contributed by atoms with Crippen molar-refractivity contribution in [3.63, 3.8) is 0 Å². The number of allylic oxidation sites excluding steroid dienone is 2. The number of benzene rings is 1. The summed E-state index contributed by atoms with van der Waals surface area (Å²) in [5.74, 6) is 0.239. The largest absolute Gasteiger partial charge is 0.373 e. The SMILES string of the molecule is CC1C=C(Cl)C=C2C=C(C(=O)NC3(c4ccccc4)CCC3)NC21. The summed E-state index contributed by atoms with van der Waals surface area (Å²) in [5, 5.41) is 7.38. The van der Waals surface area contributed by atoms with Crippen molar-refractivity contribution in [1.82, 2.24) is 10.6 Å². The molecule has 2 unspecified atom stereocenters. The van der Waals surface area contributed by atoms with E-state index in [0.29, 0.717) is 5.70 Å². The minimum atomic E-state index is -0.218. The number of rotatable bonds is 3. The Morgan fingerprint density at radius 3 is 2.67 bits per heavy atom. The third kappa shape index (κ3) is 2.57. The smallest absolute Gasteiger partial charge is 0.268 e. The summed E-state index contributed by atoms with van der Waals surface area (Å²) < 4.78 is 0. The van der Waals surface area contributed by atoms with Crippen LogP contribution in [0.1, 0.15) is 31.7 Å². The van der Waals surface area contributed by atoms with Crippen LogP contribution in [-0.2, 0) is 10.3 Å². The Hall–Kier alpha value is -2.00. The minimum absolute atomic E-state index is 0.0304. The second kappa shape index (κ2) is 5.82. The van der Waals surface area contributed by atoms with Crippen molar-refractivity contribution in [2.24, 2.45) is 5.92 Å². The van der Waals surface area contributed by atoms with Gasteiger partial charge < -0.3 is 10.6 Å². The quantitative estimate of drug-likeness (QED) is 0.880. The molecule has 2 atom stereocenters. The molecule has 1 aliphatic heterocycles. The second-order valence-electron chi connectivity index (χ2n) is 6.99. The highest BCUT2D eigenvalue weighted by Crippen LogP contribution is 2.41. The Balaban J connectivity index is 1.54. The molecule has 0 saturated heterocycles. The average Bonchev–Trinajstić information content (AvgIpc) is 2.96. The maximum atomic E-state index is 12.8. The van der Waals surface area contributed by atoms with Crippen molar-refractivity contribution >= 4 is 17.5 Å². The van der Waals surface area contributed by atoms with Crippen LogP contribution in [0.25, 0.3) is 0 Å². The van der Waals surface area contributed by atoms with Crippen molar-refractivity contribution in [2.45, 2.75) is 37.8 Å². The monoisotopic (exact) mass is 340 g/mol. The molecule has 124 valence electrons. The Bertz CT molecular complexity index is 759.